The van der Waals surface area contributed by atoms with Gasteiger partial charge in [0, 0.05) is 11.6 Å². The summed E-state index contributed by atoms with van der Waals surface area (Å²) >= 11 is 6.24. The monoisotopic (exact) mass is 467 g/mol. The van der Waals surface area contributed by atoms with E-state index in [0.717, 1.165) is 0 Å². The fourth-order valence-electron chi connectivity index (χ4n) is 3.13. The van der Waals surface area contributed by atoms with E-state index in [2.05, 4.69) is 15.4 Å². The van der Waals surface area contributed by atoms with Crippen molar-refractivity contribution in [1.29, 1.82) is 0 Å². The van der Waals surface area contributed by atoms with Gasteiger partial charge in [0.25, 0.3) is 18.2 Å². The third kappa shape index (κ3) is 4.73. The number of hydrogen-bond donors (Lipinski definition) is 2. The first-order valence-electron chi connectivity index (χ1n) is 9.65. The number of primary amides is 1. The number of carbonyl (C=O) groups excluding carboxylic acids is 2. The highest BCUT2D eigenvalue weighted by atomic mass is 35.5. The lowest BCUT2D eigenvalue weighted by atomic mass is 10.1. The number of nitrogens with one attached hydrogen (secondary N) is 1. The van der Waals surface area contributed by atoms with Crippen LogP contribution in [0.1, 0.15) is 33.0 Å². The quantitative estimate of drug-likeness (QED) is 0.422. The molecule has 2 heterocycles. The molecule has 0 bridgehead atoms. The van der Waals surface area contributed by atoms with E-state index in [-0.39, 0.29) is 33.5 Å². The molecule has 0 spiro atoms. The molecule has 2 aromatic heterocycles. The van der Waals surface area contributed by atoms with Gasteiger partial charge in [0.15, 0.2) is 5.69 Å². The number of benzene rings is 2. The Morgan fingerprint density at radius 3 is 2.45 bits per heavy atom. The summed E-state index contributed by atoms with van der Waals surface area (Å²) in [6.07, 6.45) is -2.72. The van der Waals surface area contributed by atoms with Crippen LogP contribution in [0.3, 0.4) is 0 Å². The lowest BCUT2D eigenvalue weighted by Gasteiger charge is -2.11. The summed E-state index contributed by atoms with van der Waals surface area (Å²) in [5, 5.41) is 6.97. The molecule has 0 aliphatic carbocycles. The van der Waals surface area contributed by atoms with Gasteiger partial charge in [0.05, 0.1) is 22.0 Å². The highest BCUT2D eigenvalue weighted by Crippen LogP contribution is 2.27. The molecule has 4 rings (SSSR count). The minimum Gasteiger partial charge on any atom is -0.364 e. The highest BCUT2D eigenvalue weighted by Gasteiger charge is 2.19. The number of rotatable bonds is 6. The number of pyridine rings is 1. The molecule has 0 saturated heterocycles. The van der Waals surface area contributed by atoms with Gasteiger partial charge in [0.2, 0.25) is 0 Å². The third-order valence-electron chi connectivity index (χ3n) is 4.71. The summed E-state index contributed by atoms with van der Waals surface area (Å²) in [5.74, 6) is -1.16. The van der Waals surface area contributed by atoms with Crippen LogP contribution in [0.15, 0.2) is 72.8 Å². The second-order valence-corrected chi connectivity index (χ2v) is 7.33. The number of alkyl halides is 2. The van der Waals surface area contributed by atoms with Crippen LogP contribution in [0, 0.1) is 0 Å². The second-order valence-electron chi connectivity index (χ2n) is 6.92. The third-order valence-corrected chi connectivity index (χ3v) is 5.03. The zero-order valence-electron chi connectivity index (χ0n) is 16.9. The van der Waals surface area contributed by atoms with Crippen molar-refractivity contribution in [2.75, 3.05) is 5.32 Å². The van der Waals surface area contributed by atoms with Gasteiger partial charge in [0.1, 0.15) is 11.5 Å². The van der Waals surface area contributed by atoms with Crippen molar-refractivity contribution < 1.29 is 18.4 Å². The van der Waals surface area contributed by atoms with Crippen molar-refractivity contribution in [3.05, 3.63) is 94.8 Å². The van der Waals surface area contributed by atoms with Gasteiger partial charge in [-0.25, -0.2) is 18.4 Å². The second kappa shape index (κ2) is 9.17. The molecule has 0 aliphatic rings. The van der Waals surface area contributed by atoms with Crippen molar-refractivity contribution >= 4 is 29.2 Å². The van der Waals surface area contributed by atoms with Crippen molar-refractivity contribution in [3.63, 3.8) is 0 Å². The molecule has 0 aliphatic heterocycles. The SMILES string of the molecule is NC(=O)c1cc(NC(=O)c2cc(-c3cccc(C(F)F)n3)ccc2Cl)n(-c2ccccc2)n1. The van der Waals surface area contributed by atoms with Crippen molar-refractivity contribution in [3.8, 4) is 16.9 Å². The Labute approximate surface area is 191 Å². The van der Waals surface area contributed by atoms with Crippen LogP contribution in [0.5, 0.6) is 0 Å². The summed E-state index contributed by atoms with van der Waals surface area (Å²) in [6.45, 7) is 0. The maximum absolute atomic E-state index is 13.1. The molecule has 0 fully saturated rings. The number of hydrogen-bond acceptors (Lipinski definition) is 4. The van der Waals surface area contributed by atoms with Crippen molar-refractivity contribution in [2.24, 2.45) is 5.73 Å². The smallest absolute Gasteiger partial charge is 0.280 e. The number of nitrogens with zero attached hydrogens (tertiary/aromatic N) is 3. The Balaban J connectivity index is 1.69. The minimum atomic E-state index is -2.72. The zero-order valence-corrected chi connectivity index (χ0v) is 17.6. The van der Waals surface area contributed by atoms with Crippen LogP contribution in [-0.4, -0.2) is 26.6 Å². The largest absolute Gasteiger partial charge is 0.364 e. The van der Waals surface area contributed by atoms with E-state index in [9.17, 15) is 18.4 Å². The Bertz CT molecular complexity index is 1340. The summed E-state index contributed by atoms with van der Waals surface area (Å²) in [7, 11) is 0. The van der Waals surface area contributed by atoms with Crippen LogP contribution >= 0.6 is 11.6 Å². The molecule has 4 aromatic rings. The number of halogens is 3. The molecule has 7 nitrogen and oxygen atoms in total. The molecular formula is C23H16ClF2N5O2. The van der Waals surface area contributed by atoms with Crippen LogP contribution in [0.4, 0.5) is 14.6 Å². The van der Waals surface area contributed by atoms with Gasteiger partial charge in [-0.15, -0.1) is 0 Å². The number of anilines is 1. The van der Waals surface area contributed by atoms with Gasteiger partial charge in [-0.05, 0) is 36.4 Å². The van der Waals surface area contributed by atoms with Crippen molar-refractivity contribution in [1.82, 2.24) is 14.8 Å². The van der Waals surface area contributed by atoms with Gasteiger partial charge in [-0.3, -0.25) is 9.59 Å². The Morgan fingerprint density at radius 1 is 1.00 bits per heavy atom. The highest BCUT2D eigenvalue weighted by molar-refractivity contribution is 6.34. The van der Waals surface area contributed by atoms with Gasteiger partial charge >= 0.3 is 0 Å². The number of aromatic nitrogens is 3. The Hall–Kier alpha value is -4.11. The Kier molecular flexibility index (Phi) is 6.14. The lowest BCUT2D eigenvalue weighted by Crippen LogP contribution is -2.16. The molecule has 2 aromatic carbocycles. The Morgan fingerprint density at radius 2 is 1.76 bits per heavy atom. The average molecular weight is 468 g/mol. The fraction of sp³-hybridized carbons (Fsp3) is 0.0435. The van der Waals surface area contributed by atoms with E-state index in [0.29, 0.717) is 11.3 Å². The number of amides is 2. The maximum atomic E-state index is 13.1. The molecule has 33 heavy (non-hydrogen) atoms. The summed E-state index contributed by atoms with van der Waals surface area (Å²) in [4.78, 5) is 28.6. The van der Waals surface area contributed by atoms with Crippen LogP contribution < -0.4 is 11.1 Å². The number of para-hydroxylation sites is 1. The van der Waals surface area contributed by atoms with Gasteiger partial charge in [-0.2, -0.15) is 5.10 Å². The molecular weight excluding hydrogens is 452 g/mol. The first-order valence-corrected chi connectivity index (χ1v) is 10.0. The molecule has 10 heteroatoms. The van der Waals surface area contributed by atoms with Crippen molar-refractivity contribution in [2.45, 2.75) is 6.43 Å². The predicted octanol–water partition coefficient (Wildman–Crippen LogP) is 4.88. The van der Waals surface area contributed by atoms with E-state index < -0.39 is 18.2 Å². The van der Waals surface area contributed by atoms with Crippen LogP contribution in [0.2, 0.25) is 5.02 Å². The normalized spacial score (nSPS) is 10.9. The van der Waals surface area contributed by atoms with Gasteiger partial charge in [-0.1, -0.05) is 41.9 Å². The van der Waals surface area contributed by atoms with E-state index in [1.165, 1.54) is 35.0 Å². The van der Waals surface area contributed by atoms with E-state index in [1.54, 1.807) is 36.4 Å². The molecule has 0 unspecified atom stereocenters. The minimum absolute atomic E-state index is 0.0398. The van der Waals surface area contributed by atoms with E-state index in [4.69, 9.17) is 17.3 Å². The number of carbonyl (C=O) groups is 2. The van der Waals surface area contributed by atoms with Crippen LogP contribution in [0.25, 0.3) is 16.9 Å². The zero-order chi connectivity index (χ0) is 23.5. The van der Waals surface area contributed by atoms with Gasteiger partial charge < -0.3 is 11.1 Å². The molecule has 3 N–H and O–H groups in total. The van der Waals surface area contributed by atoms with E-state index >= 15 is 0 Å². The average Bonchev–Trinajstić information content (AvgIpc) is 3.24. The molecule has 0 atom stereocenters. The predicted molar refractivity (Wildman–Crippen MR) is 120 cm³/mol. The number of nitrogens with two attached hydrogens (primary N) is 1. The topological polar surface area (TPSA) is 103 Å². The summed E-state index contributed by atoms with van der Waals surface area (Å²) in [5.41, 5.74) is 6.31. The summed E-state index contributed by atoms with van der Waals surface area (Å²) < 4.78 is 27.4. The molecule has 2 amide bonds. The van der Waals surface area contributed by atoms with E-state index in [1.807, 2.05) is 6.07 Å². The first-order chi connectivity index (χ1) is 15.8. The lowest BCUT2D eigenvalue weighted by molar-refractivity contribution is 0.0992. The maximum Gasteiger partial charge on any atom is 0.280 e. The van der Waals surface area contributed by atoms with Crippen LogP contribution in [-0.2, 0) is 0 Å². The fourth-order valence-corrected chi connectivity index (χ4v) is 3.34. The molecule has 166 valence electrons. The molecule has 0 radical (unpaired) electrons. The summed E-state index contributed by atoms with van der Waals surface area (Å²) in [6, 6.07) is 18.9. The first kappa shape index (κ1) is 22.1. The standard InChI is InChI=1S/C23H16ClF2N5O2/c24-16-10-9-13(17-7-4-8-18(28-17)21(25)26)11-15(16)23(33)29-20-12-19(22(27)32)30-31(20)14-5-2-1-3-6-14/h1-12,21H,(H2,27,32)(H,29,33). The molecule has 0 saturated carbocycles.